The predicted molar refractivity (Wildman–Crippen MR) is 92.1 cm³/mol. The normalized spacial score (nSPS) is 20.6. The Morgan fingerprint density at radius 1 is 1.36 bits per heavy atom. The zero-order valence-electron chi connectivity index (χ0n) is 14.0. The first kappa shape index (κ1) is 16.2. The third kappa shape index (κ3) is 3.43. The predicted octanol–water partition coefficient (Wildman–Crippen LogP) is 2.30. The Balaban J connectivity index is 1.44. The quantitative estimate of drug-likeness (QED) is 0.616. The summed E-state index contributed by atoms with van der Waals surface area (Å²) in [5, 5.41) is 25.3. The van der Waals surface area contributed by atoms with Crippen molar-refractivity contribution in [2.45, 2.75) is 50.4 Å². The van der Waals surface area contributed by atoms with E-state index in [1.807, 2.05) is 0 Å². The fraction of sp³-hybridized carbons (Fsp3) is 0.500. The highest BCUT2D eigenvalue weighted by Gasteiger charge is 2.38. The van der Waals surface area contributed by atoms with E-state index in [1.165, 1.54) is 41.0 Å². The van der Waals surface area contributed by atoms with Crippen LogP contribution < -0.4 is 0 Å². The summed E-state index contributed by atoms with van der Waals surface area (Å²) in [6.45, 7) is 0.836. The van der Waals surface area contributed by atoms with Gasteiger partial charge in [-0.3, -0.25) is 19.7 Å². The molecule has 2 aliphatic rings. The van der Waals surface area contributed by atoms with Gasteiger partial charge in [-0.05, 0) is 36.8 Å². The SMILES string of the molecule is O=[N+]([O-])c1cnn(CC(O)CN(C2CC2)C2CCc3ccccc32)c1. The highest BCUT2D eigenvalue weighted by molar-refractivity contribution is 5.34. The Bertz CT molecular complexity index is 771. The number of hydrogen-bond donors (Lipinski definition) is 1. The Morgan fingerprint density at radius 2 is 2.16 bits per heavy atom. The molecule has 2 unspecified atom stereocenters. The molecule has 4 rings (SSSR count). The Kier molecular flexibility index (Phi) is 4.27. The number of aliphatic hydroxyl groups is 1. The van der Waals surface area contributed by atoms with E-state index in [1.54, 1.807) is 0 Å². The number of aromatic nitrogens is 2. The largest absolute Gasteiger partial charge is 0.390 e. The van der Waals surface area contributed by atoms with Gasteiger partial charge in [-0.15, -0.1) is 0 Å². The molecule has 7 heteroatoms. The third-order valence-electron chi connectivity index (χ3n) is 5.17. The van der Waals surface area contributed by atoms with Crippen molar-refractivity contribution in [3.63, 3.8) is 0 Å². The van der Waals surface area contributed by atoms with E-state index in [-0.39, 0.29) is 12.2 Å². The second-order valence-electron chi connectivity index (χ2n) is 7.01. The van der Waals surface area contributed by atoms with Gasteiger partial charge in [0.1, 0.15) is 12.4 Å². The number of fused-ring (bicyclic) bond motifs is 1. The molecule has 1 N–H and O–H groups in total. The summed E-state index contributed by atoms with van der Waals surface area (Å²) in [6, 6.07) is 9.47. The van der Waals surface area contributed by atoms with Crippen LogP contribution in [0.5, 0.6) is 0 Å². The maximum Gasteiger partial charge on any atom is 0.306 e. The van der Waals surface area contributed by atoms with E-state index < -0.39 is 11.0 Å². The molecule has 1 aromatic heterocycles. The van der Waals surface area contributed by atoms with Crippen LogP contribution >= 0.6 is 0 Å². The van der Waals surface area contributed by atoms with E-state index in [2.05, 4.69) is 34.3 Å². The Labute approximate surface area is 146 Å². The second kappa shape index (κ2) is 6.57. The van der Waals surface area contributed by atoms with Gasteiger partial charge in [0.2, 0.25) is 0 Å². The summed E-state index contributed by atoms with van der Waals surface area (Å²) in [4.78, 5) is 12.7. The van der Waals surface area contributed by atoms with E-state index in [4.69, 9.17) is 0 Å². The number of nitro groups is 1. The summed E-state index contributed by atoms with van der Waals surface area (Å²) >= 11 is 0. The molecule has 1 heterocycles. The molecule has 7 nitrogen and oxygen atoms in total. The Morgan fingerprint density at radius 3 is 2.88 bits per heavy atom. The van der Waals surface area contributed by atoms with Gasteiger partial charge in [0.05, 0.1) is 17.6 Å². The van der Waals surface area contributed by atoms with Crippen LogP contribution in [-0.4, -0.2) is 43.4 Å². The van der Waals surface area contributed by atoms with Gasteiger partial charge in [-0.2, -0.15) is 5.10 Å². The van der Waals surface area contributed by atoms with Crippen molar-refractivity contribution < 1.29 is 10.0 Å². The van der Waals surface area contributed by atoms with E-state index in [9.17, 15) is 15.2 Å². The monoisotopic (exact) mass is 342 g/mol. The smallest absolute Gasteiger partial charge is 0.306 e. The summed E-state index contributed by atoms with van der Waals surface area (Å²) in [5.41, 5.74) is 2.75. The minimum absolute atomic E-state index is 0.0454. The topological polar surface area (TPSA) is 84.4 Å². The first-order chi connectivity index (χ1) is 12.1. The molecule has 2 atom stereocenters. The highest BCUT2D eigenvalue weighted by Crippen LogP contribution is 2.41. The van der Waals surface area contributed by atoms with Crippen molar-refractivity contribution in [2.75, 3.05) is 6.54 Å². The third-order valence-corrected chi connectivity index (χ3v) is 5.17. The van der Waals surface area contributed by atoms with Gasteiger partial charge in [0, 0.05) is 18.6 Å². The van der Waals surface area contributed by atoms with Crippen molar-refractivity contribution in [3.05, 3.63) is 57.9 Å². The maximum atomic E-state index is 10.7. The van der Waals surface area contributed by atoms with Gasteiger partial charge in [0.15, 0.2) is 0 Å². The van der Waals surface area contributed by atoms with E-state index >= 15 is 0 Å². The minimum Gasteiger partial charge on any atom is -0.390 e. The van der Waals surface area contributed by atoms with Crippen LogP contribution in [0.15, 0.2) is 36.7 Å². The molecule has 0 bridgehead atoms. The number of nitrogens with zero attached hydrogens (tertiary/aromatic N) is 4. The van der Waals surface area contributed by atoms with Gasteiger partial charge in [0.25, 0.3) is 0 Å². The average molecular weight is 342 g/mol. The van der Waals surface area contributed by atoms with Crippen LogP contribution in [-0.2, 0) is 13.0 Å². The first-order valence-electron chi connectivity index (χ1n) is 8.80. The molecule has 25 heavy (non-hydrogen) atoms. The number of hydrogen-bond acceptors (Lipinski definition) is 5. The molecule has 0 spiro atoms. The van der Waals surface area contributed by atoms with Crippen LogP contribution in [0.2, 0.25) is 0 Å². The van der Waals surface area contributed by atoms with Crippen LogP contribution in [0.1, 0.15) is 36.4 Å². The lowest BCUT2D eigenvalue weighted by atomic mass is 10.1. The summed E-state index contributed by atoms with van der Waals surface area (Å²) in [6.07, 6.45) is 6.53. The van der Waals surface area contributed by atoms with Crippen molar-refractivity contribution >= 4 is 5.69 Å². The fourth-order valence-electron chi connectivity index (χ4n) is 3.88. The van der Waals surface area contributed by atoms with Crippen LogP contribution in [0.25, 0.3) is 0 Å². The molecule has 2 aromatic rings. The van der Waals surface area contributed by atoms with Crippen molar-refractivity contribution in [2.24, 2.45) is 0 Å². The molecule has 1 saturated carbocycles. The van der Waals surface area contributed by atoms with Crippen molar-refractivity contribution in [3.8, 4) is 0 Å². The lowest BCUT2D eigenvalue weighted by Gasteiger charge is -2.31. The lowest BCUT2D eigenvalue weighted by Crippen LogP contribution is -2.38. The zero-order valence-corrected chi connectivity index (χ0v) is 14.0. The van der Waals surface area contributed by atoms with Gasteiger partial charge < -0.3 is 5.11 Å². The second-order valence-corrected chi connectivity index (χ2v) is 7.01. The van der Waals surface area contributed by atoms with E-state index in [0.29, 0.717) is 18.6 Å². The molecule has 0 radical (unpaired) electrons. The number of aryl methyl sites for hydroxylation is 1. The molecule has 0 amide bonds. The lowest BCUT2D eigenvalue weighted by molar-refractivity contribution is -0.385. The summed E-state index contributed by atoms with van der Waals surface area (Å²) < 4.78 is 1.45. The number of benzene rings is 1. The van der Waals surface area contributed by atoms with Crippen LogP contribution in [0, 0.1) is 10.1 Å². The summed E-state index contributed by atoms with van der Waals surface area (Å²) in [7, 11) is 0. The highest BCUT2D eigenvalue weighted by atomic mass is 16.6. The minimum atomic E-state index is -0.604. The molecule has 2 aliphatic carbocycles. The fourth-order valence-corrected chi connectivity index (χ4v) is 3.88. The number of aliphatic hydroxyl groups excluding tert-OH is 1. The van der Waals surface area contributed by atoms with Crippen LogP contribution in [0.3, 0.4) is 0 Å². The molecule has 1 fully saturated rings. The van der Waals surface area contributed by atoms with Crippen molar-refractivity contribution in [1.82, 2.24) is 14.7 Å². The molecular formula is C18H22N4O3. The zero-order chi connectivity index (χ0) is 17.4. The molecule has 132 valence electrons. The molecule has 1 aromatic carbocycles. The van der Waals surface area contributed by atoms with Gasteiger partial charge in [-0.25, -0.2) is 0 Å². The number of rotatable bonds is 7. The van der Waals surface area contributed by atoms with Gasteiger partial charge in [-0.1, -0.05) is 24.3 Å². The maximum absolute atomic E-state index is 10.7. The molecule has 0 saturated heterocycles. The standard InChI is InChI=1S/C18H22N4O3/c23-16(11-20-10-15(9-19-20)22(24)25)12-21(14-6-7-14)18-8-5-13-3-1-2-4-17(13)18/h1-4,9-10,14,16,18,23H,5-8,11-12H2. The first-order valence-corrected chi connectivity index (χ1v) is 8.80. The van der Waals surface area contributed by atoms with Crippen LogP contribution in [0.4, 0.5) is 5.69 Å². The summed E-state index contributed by atoms with van der Waals surface area (Å²) in [5.74, 6) is 0. The average Bonchev–Trinajstić information content (AvgIpc) is 3.17. The van der Waals surface area contributed by atoms with Crippen molar-refractivity contribution in [1.29, 1.82) is 0 Å². The molecular weight excluding hydrogens is 320 g/mol. The van der Waals surface area contributed by atoms with Gasteiger partial charge >= 0.3 is 5.69 Å². The Hall–Kier alpha value is -2.25. The van der Waals surface area contributed by atoms with E-state index in [0.717, 1.165) is 12.8 Å². The molecule has 0 aliphatic heterocycles.